The van der Waals surface area contributed by atoms with Gasteiger partial charge in [-0.05, 0) is 0 Å². The summed E-state index contributed by atoms with van der Waals surface area (Å²) in [5, 5.41) is 11.8. The van der Waals surface area contributed by atoms with Crippen LogP contribution in [0.2, 0.25) is 0 Å². The second-order valence-corrected chi connectivity index (χ2v) is 2.75. The van der Waals surface area contributed by atoms with Crippen molar-refractivity contribution in [2.45, 2.75) is 6.18 Å². The molecule has 0 radical (unpaired) electrons. The van der Waals surface area contributed by atoms with Crippen LogP contribution in [-0.2, 0) is 13.2 Å². The Labute approximate surface area is 89.2 Å². The Bertz CT molecular complexity index is 476. The Kier molecular flexibility index (Phi) is 3.09. The number of aromatic nitrogens is 2. The van der Waals surface area contributed by atoms with Gasteiger partial charge in [0.2, 0.25) is 5.88 Å². The summed E-state index contributed by atoms with van der Waals surface area (Å²) in [4.78, 5) is 0. The van der Waals surface area contributed by atoms with Gasteiger partial charge >= 0.3 is 6.18 Å². The van der Waals surface area contributed by atoms with Crippen LogP contribution in [-0.4, -0.2) is 16.4 Å². The summed E-state index contributed by atoms with van der Waals surface area (Å²) >= 11 is 0. The van der Waals surface area contributed by atoms with Crippen molar-refractivity contribution in [2.75, 3.05) is 6.61 Å². The summed E-state index contributed by atoms with van der Waals surface area (Å²) in [6.45, 7) is -0.231. The van der Waals surface area contributed by atoms with Gasteiger partial charge in [0, 0.05) is 7.05 Å². The molecule has 0 N–H and O–H groups in total. The zero-order chi connectivity index (χ0) is 12.3. The highest BCUT2D eigenvalue weighted by Gasteiger charge is 2.39. The highest BCUT2D eigenvalue weighted by molar-refractivity contribution is 5.44. The van der Waals surface area contributed by atoms with Gasteiger partial charge in [-0.25, -0.2) is 4.68 Å². The van der Waals surface area contributed by atoms with E-state index in [1.807, 2.05) is 0 Å². The van der Waals surface area contributed by atoms with Crippen LogP contribution >= 0.6 is 0 Å². The second kappa shape index (κ2) is 4.15. The fourth-order valence-electron chi connectivity index (χ4n) is 1.08. The van der Waals surface area contributed by atoms with Crippen LogP contribution in [0.3, 0.4) is 0 Å². The number of alkyl halides is 3. The van der Waals surface area contributed by atoms with Crippen molar-refractivity contribution >= 4 is 0 Å². The van der Waals surface area contributed by atoms with E-state index in [1.54, 1.807) is 0 Å². The number of nitriles is 1. The van der Waals surface area contributed by atoms with Crippen molar-refractivity contribution in [2.24, 2.45) is 7.05 Å². The number of nitrogens with zero attached hydrogens (tertiary/aromatic N) is 3. The van der Waals surface area contributed by atoms with E-state index in [0.29, 0.717) is 0 Å². The summed E-state index contributed by atoms with van der Waals surface area (Å²) < 4.78 is 42.9. The minimum absolute atomic E-state index is 0.231. The van der Waals surface area contributed by atoms with Crippen LogP contribution < -0.4 is 4.74 Å². The molecule has 0 aromatic carbocycles. The van der Waals surface area contributed by atoms with E-state index in [2.05, 4.69) is 11.0 Å². The van der Waals surface area contributed by atoms with Crippen molar-refractivity contribution in [1.29, 1.82) is 5.26 Å². The van der Waals surface area contributed by atoms with Crippen molar-refractivity contribution in [3.63, 3.8) is 0 Å². The Morgan fingerprint density at radius 2 is 2.19 bits per heavy atom. The van der Waals surface area contributed by atoms with E-state index in [1.165, 1.54) is 13.1 Å². The lowest BCUT2D eigenvalue weighted by Crippen LogP contribution is -2.08. The number of hydrogen-bond donors (Lipinski definition) is 0. The quantitative estimate of drug-likeness (QED) is 0.718. The zero-order valence-electron chi connectivity index (χ0n) is 8.17. The molecule has 0 aliphatic rings. The third-order valence-electron chi connectivity index (χ3n) is 1.67. The van der Waals surface area contributed by atoms with Crippen LogP contribution in [0, 0.1) is 23.7 Å². The molecule has 1 rings (SSSR count). The first-order valence-electron chi connectivity index (χ1n) is 4.02. The normalized spacial score (nSPS) is 10.6. The molecule has 0 aliphatic carbocycles. The van der Waals surface area contributed by atoms with Crippen molar-refractivity contribution in [1.82, 2.24) is 9.78 Å². The average molecular weight is 229 g/mol. The number of ether oxygens (including phenoxy) is 1. The first kappa shape index (κ1) is 11.9. The van der Waals surface area contributed by atoms with E-state index >= 15 is 0 Å². The van der Waals surface area contributed by atoms with Gasteiger partial charge < -0.3 is 4.74 Å². The third kappa shape index (κ3) is 2.09. The Morgan fingerprint density at radius 3 is 2.62 bits per heavy atom. The summed E-state index contributed by atoms with van der Waals surface area (Å²) in [6, 6.07) is 1.40. The van der Waals surface area contributed by atoms with E-state index in [4.69, 9.17) is 16.4 Å². The molecule has 84 valence electrons. The predicted molar refractivity (Wildman–Crippen MR) is 47.3 cm³/mol. The molecular weight excluding hydrogens is 223 g/mol. The molecule has 1 aromatic heterocycles. The number of aryl methyl sites for hydroxylation is 1. The highest BCUT2D eigenvalue weighted by Crippen LogP contribution is 2.34. The van der Waals surface area contributed by atoms with Crippen molar-refractivity contribution < 1.29 is 17.9 Å². The van der Waals surface area contributed by atoms with Gasteiger partial charge in [-0.3, -0.25) is 0 Å². The molecule has 0 spiro atoms. The molecule has 0 saturated heterocycles. The highest BCUT2D eigenvalue weighted by atomic mass is 19.4. The summed E-state index contributed by atoms with van der Waals surface area (Å²) in [7, 11) is 1.24. The third-order valence-corrected chi connectivity index (χ3v) is 1.67. The van der Waals surface area contributed by atoms with Gasteiger partial charge in [-0.1, -0.05) is 5.92 Å². The molecule has 1 aromatic rings. The smallest absolute Gasteiger partial charge is 0.436 e. The molecule has 0 bridgehead atoms. The molecule has 4 nitrogen and oxygen atoms in total. The Balaban J connectivity index is 3.27. The van der Waals surface area contributed by atoms with Crippen LogP contribution in [0.5, 0.6) is 5.88 Å². The zero-order valence-corrected chi connectivity index (χ0v) is 8.17. The molecule has 0 atom stereocenters. The molecule has 1 heterocycles. The molecule has 0 fully saturated rings. The van der Waals surface area contributed by atoms with Crippen LogP contribution in [0.1, 0.15) is 11.3 Å². The molecule has 0 saturated carbocycles. The number of hydrogen-bond acceptors (Lipinski definition) is 3. The lowest BCUT2D eigenvalue weighted by atomic mass is 10.2. The first-order valence-corrected chi connectivity index (χ1v) is 4.02. The van der Waals surface area contributed by atoms with Gasteiger partial charge in [-0.2, -0.15) is 23.5 Å². The van der Waals surface area contributed by atoms with Crippen molar-refractivity contribution in [3.05, 3.63) is 11.3 Å². The van der Waals surface area contributed by atoms with E-state index < -0.39 is 17.4 Å². The fourth-order valence-corrected chi connectivity index (χ4v) is 1.08. The standard InChI is InChI=1S/C9H6F3N3O/c1-3-4-16-8-6(5-13)7(9(10,11)12)14-15(8)2/h1H,4H2,2H3. The van der Waals surface area contributed by atoms with E-state index in [0.717, 1.165) is 4.68 Å². The fraction of sp³-hybridized carbons (Fsp3) is 0.333. The average Bonchev–Trinajstić information content (AvgIpc) is 2.51. The number of halogens is 3. The van der Waals surface area contributed by atoms with Gasteiger partial charge in [-0.15, -0.1) is 6.42 Å². The SMILES string of the molecule is C#CCOc1c(C#N)c(C(F)(F)F)nn1C. The lowest BCUT2D eigenvalue weighted by molar-refractivity contribution is -0.141. The maximum atomic E-state index is 12.4. The molecule has 16 heavy (non-hydrogen) atoms. The maximum Gasteiger partial charge on any atom is 0.436 e. The molecule has 0 aliphatic heterocycles. The summed E-state index contributed by atoms with van der Waals surface area (Å²) in [5.41, 5.74) is -1.94. The van der Waals surface area contributed by atoms with Gasteiger partial charge in [0.15, 0.2) is 12.3 Å². The second-order valence-electron chi connectivity index (χ2n) is 2.75. The Hall–Kier alpha value is -2.15. The molecule has 7 heteroatoms. The topological polar surface area (TPSA) is 50.8 Å². The molecule has 0 unspecified atom stereocenters. The largest absolute Gasteiger partial charge is 0.464 e. The van der Waals surface area contributed by atoms with Crippen LogP contribution in [0.25, 0.3) is 0 Å². The summed E-state index contributed by atoms with van der Waals surface area (Å²) in [5.74, 6) is 1.80. The Morgan fingerprint density at radius 1 is 1.56 bits per heavy atom. The summed E-state index contributed by atoms with van der Waals surface area (Å²) in [6.07, 6.45) is 0.207. The van der Waals surface area contributed by atoms with Crippen LogP contribution in [0.15, 0.2) is 0 Å². The minimum Gasteiger partial charge on any atom is -0.464 e. The molecular formula is C9H6F3N3O. The predicted octanol–water partition coefficient (Wildman–Crippen LogP) is 1.32. The first-order chi connectivity index (χ1) is 7.41. The monoisotopic (exact) mass is 229 g/mol. The minimum atomic E-state index is -4.69. The van der Waals surface area contributed by atoms with E-state index in [9.17, 15) is 13.2 Å². The van der Waals surface area contributed by atoms with E-state index in [-0.39, 0.29) is 12.5 Å². The number of terminal acetylenes is 1. The molecule has 0 amide bonds. The van der Waals surface area contributed by atoms with Crippen molar-refractivity contribution in [3.8, 4) is 24.3 Å². The maximum absolute atomic E-state index is 12.4. The van der Waals surface area contributed by atoms with Gasteiger partial charge in [0.05, 0.1) is 0 Å². The lowest BCUT2D eigenvalue weighted by Gasteiger charge is -2.02. The van der Waals surface area contributed by atoms with Gasteiger partial charge in [0.25, 0.3) is 0 Å². The number of rotatable bonds is 2. The van der Waals surface area contributed by atoms with Crippen LogP contribution in [0.4, 0.5) is 13.2 Å². The van der Waals surface area contributed by atoms with Gasteiger partial charge in [0.1, 0.15) is 11.6 Å².